The summed E-state index contributed by atoms with van der Waals surface area (Å²) in [5, 5.41) is 3.34. The molecule has 3 N–H and O–H groups in total. The third kappa shape index (κ3) is 4.47. The van der Waals surface area contributed by atoms with Crippen molar-refractivity contribution in [1.82, 2.24) is 10.2 Å². The van der Waals surface area contributed by atoms with Crippen LogP contribution in [-0.2, 0) is 6.54 Å². The number of benzene rings is 1. The molecule has 0 heterocycles. The molecular formula is C22H35N3O. The molecule has 0 aliphatic heterocycles. The van der Waals surface area contributed by atoms with E-state index in [0.717, 1.165) is 31.5 Å². The highest BCUT2D eigenvalue weighted by Crippen LogP contribution is 2.39. The van der Waals surface area contributed by atoms with Gasteiger partial charge in [0.2, 0.25) is 0 Å². The van der Waals surface area contributed by atoms with Gasteiger partial charge in [-0.05, 0) is 75.6 Å². The largest absolute Gasteiger partial charge is 0.349 e. The second kappa shape index (κ2) is 8.53. The minimum atomic E-state index is 0.0742. The number of nitrogens with one attached hydrogen (secondary N) is 1. The van der Waals surface area contributed by atoms with E-state index in [9.17, 15) is 4.79 Å². The van der Waals surface area contributed by atoms with E-state index in [1.165, 1.54) is 24.8 Å². The van der Waals surface area contributed by atoms with Crippen molar-refractivity contribution in [1.29, 1.82) is 0 Å². The lowest BCUT2D eigenvalue weighted by Crippen LogP contribution is -2.53. The number of hydrogen-bond donors (Lipinski definition) is 2. The molecule has 2 fully saturated rings. The van der Waals surface area contributed by atoms with Crippen molar-refractivity contribution in [3.05, 3.63) is 35.4 Å². The fraction of sp³-hybridized carbons (Fsp3) is 0.682. The summed E-state index contributed by atoms with van der Waals surface area (Å²) in [5.74, 6) is 1.19. The zero-order chi connectivity index (χ0) is 18.7. The van der Waals surface area contributed by atoms with Crippen LogP contribution in [-0.4, -0.2) is 35.5 Å². The molecule has 0 spiro atoms. The number of carbonyl (C=O) groups excluding carboxylic acids is 1. The van der Waals surface area contributed by atoms with E-state index in [-0.39, 0.29) is 5.91 Å². The lowest BCUT2D eigenvalue weighted by Gasteiger charge is -2.45. The van der Waals surface area contributed by atoms with E-state index in [0.29, 0.717) is 30.0 Å². The van der Waals surface area contributed by atoms with Crippen molar-refractivity contribution in [3.8, 4) is 0 Å². The first kappa shape index (κ1) is 19.4. The molecule has 2 aliphatic carbocycles. The van der Waals surface area contributed by atoms with Crippen molar-refractivity contribution >= 4 is 5.91 Å². The fourth-order valence-corrected chi connectivity index (χ4v) is 4.92. The van der Waals surface area contributed by atoms with E-state index >= 15 is 0 Å². The summed E-state index contributed by atoms with van der Waals surface area (Å²) in [4.78, 5) is 15.2. The Bertz CT molecular complexity index is 584. The van der Waals surface area contributed by atoms with E-state index in [4.69, 9.17) is 5.73 Å². The summed E-state index contributed by atoms with van der Waals surface area (Å²) in [5.41, 5.74) is 8.24. The zero-order valence-electron chi connectivity index (χ0n) is 16.6. The van der Waals surface area contributed by atoms with Gasteiger partial charge in [0, 0.05) is 30.2 Å². The van der Waals surface area contributed by atoms with Gasteiger partial charge in [-0.15, -0.1) is 0 Å². The molecule has 3 rings (SSSR count). The smallest absolute Gasteiger partial charge is 0.251 e. The topological polar surface area (TPSA) is 58.4 Å². The second-order valence-corrected chi connectivity index (χ2v) is 8.54. The number of nitrogens with zero attached hydrogens (tertiary/aromatic N) is 1. The Morgan fingerprint density at radius 1 is 1.19 bits per heavy atom. The first-order valence-corrected chi connectivity index (χ1v) is 10.4. The molecule has 4 nitrogen and oxygen atoms in total. The van der Waals surface area contributed by atoms with E-state index in [2.05, 4.69) is 43.1 Å². The number of nitrogens with two attached hydrogens (primary N) is 1. The SMILES string of the molecule is CCN(Cc1ccc(C(=O)NC2C3CCCC2CC(N)C3)cc1)C(C)C. The van der Waals surface area contributed by atoms with Gasteiger partial charge in [0.25, 0.3) is 5.91 Å². The maximum Gasteiger partial charge on any atom is 0.251 e. The fourth-order valence-electron chi connectivity index (χ4n) is 4.92. The van der Waals surface area contributed by atoms with Crippen molar-refractivity contribution in [2.24, 2.45) is 17.6 Å². The molecule has 1 aromatic rings. The molecule has 2 atom stereocenters. The molecule has 144 valence electrons. The van der Waals surface area contributed by atoms with Crippen LogP contribution in [0.5, 0.6) is 0 Å². The number of amides is 1. The summed E-state index contributed by atoms with van der Waals surface area (Å²) in [6, 6.07) is 9.30. The van der Waals surface area contributed by atoms with Gasteiger partial charge in [0.15, 0.2) is 0 Å². The Morgan fingerprint density at radius 3 is 2.35 bits per heavy atom. The van der Waals surface area contributed by atoms with Crippen LogP contribution in [0.1, 0.15) is 68.8 Å². The van der Waals surface area contributed by atoms with Gasteiger partial charge in [-0.3, -0.25) is 9.69 Å². The van der Waals surface area contributed by atoms with E-state index in [1.54, 1.807) is 0 Å². The molecule has 2 unspecified atom stereocenters. The quantitative estimate of drug-likeness (QED) is 0.818. The minimum absolute atomic E-state index is 0.0742. The average molecular weight is 358 g/mol. The van der Waals surface area contributed by atoms with Crippen molar-refractivity contribution < 1.29 is 4.79 Å². The van der Waals surface area contributed by atoms with Crippen LogP contribution in [0.4, 0.5) is 0 Å². The molecule has 2 bridgehead atoms. The Kier molecular flexibility index (Phi) is 6.36. The number of carbonyl (C=O) groups is 1. The first-order valence-electron chi connectivity index (χ1n) is 10.4. The molecule has 2 saturated carbocycles. The van der Waals surface area contributed by atoms with Crippen LogP contribution in [0, 0.1) is 11.8 Å². The molecule has 0 saturated heterocycles. The van der Waals surface area contributed by atoms with Crippen molar-refractivity contribution in [3.63, 3.8) is 0 Å². The number of rotatable bonds is 6. The van der Waals surface area contributed by atoms with Gasteiger partial charge in [0.05, 0.1) is 0 Å². The van der Waals surface area contributed by atoms with Gasteiger partial charge in [-0.25, -0.2) is 0 Å². The summed E-state index contributed by atoms with van der Waals surface area (Å²) in [7, 11) is 0. The highest BCUT2D eigenvalue weighted by molar-refractivity contribution is 5.94. The maximum absolute atomic E-state index is 12.8. The molecule has 1 amide bonds. The Hall–Kier alpha value is -1.39. The van der Waals surface area contributed by atoms with Crippen LogP contribution in [0.3, 0.4) is 0 Å². The third-order valence-corrected chi connectivity index (χ3v) is 6.41. The third-order valence-electron chi connectivity index (χ3n) is 6.41. The number of fused-ring (bicyclic) bond motifs is 2. The van der Waals surface area contributed by atoms with Crippen LogP contribution in [0.2, 0.25) is 0 Å². The summed E-state index contributed by atoms with van der Waals surface area (Å²) >= 11 is 0. The molecule has 26 heavy (non-hydrogen) atoms. The normalized spacial score (nSPS) is 28.4. The van der Waals surface area contributed by atoms with E-state index in [1.807, 2.05) is 12.1 Å². The second-order valence-electron chi connectivity index (χ2n) is 8.54. The summed E-state index contributed by atoms with van der Waals surface area (Å²) in [6.45, 7) is 8.60. The first-order chi connectivity index (χ1) is 12.5. The van der Waals surface area contributed by atoms with Crippen molar-refractivity contribution in [2.45, 2.75) is 77.5 Å². The minimum Gasteiger partial charge on any atom is -0.349 e. The number of hydrogen-bond acceptors (Lipinski definition) is 3. The Morgan fingerprint density at radius 2 is 1.81 bits per heavy atom. The van der Waals surface area contributed by atoms with Crippen LogP contribution in [0.15, 0.2) is 24.3 Å². The highest BCUT2D eigenvalue weighted by Gasteiger charge is 2.39. The maximum atomic E-state index is 12.8. The Labute approximate surface area is 158 Å². The molecule has 1 aromatic carbocycles. The van der Waals surface area contributed by atoms with Gasteiger partial charge in [-0.1, -0.05) is 25.5 Å². The molecule has 2 aliphatic rings. The molecular weight excluding hydrogens is 322 g/mol. The molecule has 4 heteroatoms. The van der Waals surface area contributed by atoms with Crippen LogP contribution >= 0.6 is 0 Å². The zero-order valence-corrected chi connectivity index (χ0v) is 16.6. The predicted octanol–water partition coefficient (Wildman–Crippen LogP) is 3.55. The van der Waals surface area contributed by atoms with Gasteiger partial charge in [0.1, 0.15) is 0 Å². The van der Waals surface area contributed by atoms with Crippen LogP contribution < -0.4 is 11.1 Å². The standard InChI is InChI=1S/C22H35N3O/c1-4-25(15(2)3)14-16-8-10-17(11-9-16)22(26)24-21-18-6-5-7-19(21)13-20(23)12-18/h8-11,15,18-21H,4-7,12-14,23H2,1-3H3,(H,24,26). The molecule has 0 aromatic heterocycles. The summed E-state index contributed by atoms with van der Waals surface area (Å²) in [6.07, 6.45) is 5.81. The highest BCUT2D eigenvalue weighted by atomic mass is 16.1. The monoisotopic (exact) mass is 357 g/mol. The lowest BCUT2D eigenvalue weighted by atomic mass is 9.67. The molecule has 0 radical (unpaired) electrons. The average Bonchev–Trinajstić information content (AvgIpc) is 2.60. The Balaban J connectivity index is 1.61. The van der Waals surface area contributed by atoms with Gasteiger partial charge in [-0.2, -0.15) is 0 Å². The summed E-state index contributed by atoms with van der Waals surface area (Å²) < 4.78 is 0. The lowest BCUT2D eigenvalue weighted by molar-refractivity contribution is 0.0756. The van der Waals surface area contributed by atoms with Gasteiger partial charge < -0.3 is 11.1 Å². The van der Waals surface area contributed by atoms with Crippen LogP contribution in [0.25, 0.3) is 0 Å². The van der Waals surface area contributed by atoms with Gasteiger partial charge >= 0.3 is 0 Å². The van der Waals surface area contributed by atoms with Crippen molar-refractivity contribution in [2.75, 3.05) is 6.54 Å². The predicted molar refractivity (Wildman–Crippen MR) is 107 cm³/mol. The van der Waals surface area contributed by atoms with E-state index < -0.39 is 0 Å².